The molecule has 1 saturated heterocycles. The molecule has 1 aromatic carbocycles. The van der Waals surface area contributed by atoms with E-state index in [4.69, 9.17) is 10.00 Å². The van der Waals surface area contributed by atoms with Gasteiger partial charge in [0.05, 0.1) is 11.7 Å². The van der Waals surface area contributed by atoms with Gasteiger partial charge in [0.25, 0.3) is 0 Å². The molecule has 4 heteroatoms. The minimum atomic E-state index is -0.452. The first-order valence-corrected chi connectivity index (χ1v) is 6.81. The number of hydrogen-bond donors (Lipinski definition) is 1. The van der Waals surface area contributed by atoms with Crippen LogP contribution in [0.15, 0.2) is 18.2 Å². The summed E-state index contributed by atoms with van der Waals surface area (Å²) in [4.78, 5) is 0. The molecule has 0 spiro atoms. The van der Waals surface area contributed by atoms with E-state index in [1.807, 2.05) is 6.07 Å². The van der Waals surface area contributed by atoms with E-state index in [9.17, 15) is 4.39 Å². The molecular weight excluding hydrogens is 243 g/mol. The highest BCUT2D eigenvalue weighted by molar-refractivity contribution is 5.34. The van der Waals surface area contributed by atoms with Crippen LogP contribution in [0, 0.1) is 23.1 Å². The van der Waals surface area contributed by atoms with E-state index >= 15 is 0 Å². The second kappa shape index (κ2) is 5.28. The fourth-order valence-electron chi connectivity index (χ4n) is 2.74. The van der Waals surface area contributed by atoms with E-state index in [0.717, 1.165) is 24.5 Å². The van der Waals surface area contributed by atoms with Crippen molar-refractivity contribution in [2.45, 2.75) is 38.0 Å². The van der Waals surface area contributed by atoms with Crippen LogP contribution in [0.1, 0.15) is 30.4 Å². The molecule has 0 amide bonds. The van der Waals surface area contributed by atoms with Gasteiger partial charge in [-0.3, -0.25) is 0 Å². The average Bonchev–Trinajstić information content (AvgIpc) is 3.17. The largest absolute Gasteiger partial charge is 0.376 e. The SMILES string of the molecule is N#Cc1cc(CNC2CCOC2C2CC2)ccc1F. The molecule has 2 fully saturated rings. The number of benzene rings is 1. The lowest BCUT2D eigenvalue weighted by molar-refractivity contribution is 0.0809. The van der Waals surface area contributed by atoms with Gasteiger partial charge < -0.3 is 10.1 Å². The van der Waals surface area contributed by atoms with Gasteiger partial charge in [-0.25, -0.2) is 4.39 Å². The van der Waals surface area contributed by atoms with Crippen molar-refractivity contribution in [2.24, 2.45) is 5.92 Å². The number of nitrogens with one attached hydrogen (secondary N) is 1. The maximum Gasteiger partial charge on any atom is 0.140 e. The van der Waals surface area contributed by atoms with E-state index in [-0.39, 0.29) is 5.56 Å². The van der Waals surface area contributed by atoms with Gasteiger partial charge in [0, 0.05) is 19.2 Å². The molecule has 100 valence electrons. The zero-order valence-corrected chi connectivity index (χ0v) is 10.7. The number of ether oxygens (including phenoxy) is 1. The van der Waals surface area contributed by atoms with Gasteiger partial charge in [-0.2, -0.15) is 5.26 Å². The summed E-state index contributed by atoms with van der Waals surface area (Å²) in [5.74, 6) is 0.272. The summed E-state index contributed by atoms with van der Waals surface area (Å²) < 4.78 is 19.0. The number of halogens is 1. The predicted octanol–water partition coefficient (Wildman–Crippen LogP) is 2.35. The fraction of sp³-hybridized carbons (Fsp3) is 0.533. The topological polar surface area (TPSA) is 45.0 Å². The molecule has 0 radical (unpaired) electrons. The maximum atomic E-state index is 13.2. The van der Waals surface area contributed by atoms with Crippen molar-refractivity contribution in [3.63, 3.8) is 0 Å². The van der Waals surface area contributed by atoms with Gasteiger partial charge in [-0.15, -0.1) is 0 Å². The third kappa shape index (κ3) is 2.78. The number of hydrogen-bond acceptors (Lipinski definition) is 3. The first-order valence-electron chi connectivity index (χ1n) is 6.81. The number of rotatable bonds is 4. The molecule has 19 heavy (non-hydrogen) atoms. The zero-order valence-electron chi connectivity index (χ0n) is 10.7. The van der Waals surface area contributed by atoms with Gasteiger partial charge in [0.15, 0.2) is 0 Å². The minimum absolute atomic E-state index is 0.112. The van der Waals surface area contributed by atoms with Crippen molar-refractivity contribution in [1.82, 2.24) is 5.32 Å². The standard InChI is InChI=1S/C15H17FN2O/c16-13-4-1-10(7-12(13)8-17)9-18-14-5-6-19-15(14)11-2-3-11/h1,4,7,11,14-15,18H,2-3,5-6,9H2. The van der Waals surface area contributed by atoms with Crippen molar-refractivity contribution in [3.05, 3.63) is 35.1 Å². The lowest BCUT2D eigenvalue weighted by atomic mass is 10.1. The van der Waals surface area contributed by atoms with Crippen molar-refractivity contribution < 1.29 is 9.13 Å². The van der Waals surface area contributed by atoms with Gasteiger partial charge in [-0.05, 0) is 42.9 Å². The quantitative estimate of drug-likeness (QED) is 0.904. The third-order valence-electron chi connectivity index (χ3n) is 3.94. The summed E-state index contributed by atoms with van der Waals surface area (Å²) in [6, 6.07) is 6.97. The maximum absolute atomic E-state index is 13.2. The molecule has 0 aromatic heterocycles. The zero-order chi connectivity index (χ0) is 13.2. The summed E-state index contributed by atoms with van der Waals surface area (Å²) in [7, 11) is 0. The fourth-order valence-corrected chi connectivity index (χ4v) is 2.74. The van der Waals surface area contributed by atoms with E-state index < -0.39 is 5.82 Å². The second-order valence-electron chi connectivity index (χ2n) is 5.37. The molecule has 1 aliphatic heterocycles. The summed E-state index contributed by atoms with van der Waals surface area (Å²) in [5.41, 5.74) is 1.06. The summed E-state index contributed by atoms with van der Waals surface area (Å²) in [5, 5.41) is 12.3. The second-order valence-corrected chi connectivity index (χ2v) is 5.37. The van der Waals surface area contributed by atoms with Crippen LogP contribution in [0.4, 0.5) is 4.39 Å². The molecular formula is C15H17FN2O. The Bertz CT molecular complexity index is 507. The Morgan fingerprint density at radius 1 is 1.37 bits per heavy atom. The van der Waals surface area contributed by atoms with Crippen molar-refractivity contribution in [2.75, 3.05) is 6.61 Å². The van der Waals surface area contributed by atoms with Crippen molar-refractivity contribution >= 4 is 0 Å². The summed E-state index contributed by atoms with van der Waals surface area (Å²) >= 11 is 0. The van der Waals surface area contributed by atoms with Crippen LogP contribution < -0.4 is 5.32 Å². The molecule has 0 bridgehead atoms. The summed E-state index contributed by atoms with van der Waals surface area (Å²) in [6.45, 7) is 1.48. The van der Waals surface area contributed by atoms with E-state index in [1.165, 1.54) is 18.9 Å². The van der Waals surface area contributed by atoms with Crippen LogP contribution in [-0.2, 0) is 11.3 Å². The van der Waals surface area contributed by atoms with Gasteiger partial charge in [-0.1, -0.05) is 6.07 Å². The Kier molecular flexibility index (Phi) is 3.50. The van der Waals surface area contributed by atoms with E-state index in [2.05, 4.69) is 5.32 Å². The average molecular weight is 260 g/mol. The highest BCUT2D eigenvalue weighted by atomic mass is 19.1. The smallest absolute Gasteiger partial charge is 0.140 e. The van der Waals surface area contributed by atoms with Crippen LogP contribution in [0.3, 0.4) is 0 Å². The Morgan fingerprint density at radius 2 is 2.21 bits per heavy atom. The molecule has 2 unspecified atom stereocenters. The monoisotopic (exact) mass is 260 g/mol. The molecule has 1 N–H and O–H groups in total. The highest BCUT2D eigenvalue weighted by Gasteiger charge is 2.40. The van der Waals surface area contributed by atoms with Gasteiger partial charge in [0.1, 0.15) is 11.9 Å². The van der Waals surface area contributed by atoms with Crippen LogP contribution in [0.5, 0.6) is 0 Å². The predicted molar refractivity (Wildman–Crippen MR) is 68.8 cm³/mol. The molecule has 3 nitrogen and oxygen atoms in total. The van der Waals surface area contributed by atoms with Crippen LogP contribution >= 0.6 is 0 Å². The van der Waals surface area contributed by atoms with Crippen LogP contribution in [0.2, 0.25) is 0 Å². The number of nitrogens with zero attached hydrogens (tertiary/aromatic N) is 1. The Labute approximate surface area is 112 Å². The Morgan fingerprint density at radius 3 is 2.95 bits per heavy atom. The first-order chi connectivity index (χ1) is 9.28. The van der Waals surface area contributed by atoms with Crippen LogP contribution in [0.25, 0.3) is 0 Å². The summed E-state index contributed by atoms with van der Waals surface area (Å²) in [6.07, 6.45) is 3.93. The first kappa shape index (κ1) is 12.6. The van der Waals surface area contributed by atoms with Crippen molar-refractivity contribution in [3.8, 4) is 6.07 Å². The lowest BCUT2D eigenvalue weighted by Crippen LogP contribution is -2.37. The molecule has 1 saturated carbocycles. The number of nitriles is 1. The Hall–Kier alpha value is -1.44. The van der Waals surface area contributed by atoms with Gasteiger partial charge >= 0.3 is 0 Å². The van der Waals surface area contributed by atoms with Gasteiger partial charge in [0.2, 0.25) is 0 Å². The van der Waals surface area contributed by atoms with E-state index in [1.54, 1.807) is 12.1 Å². The highest BCUT2D eigenvalue weighted by Crippen LogP contribution is 2.38. The Balaban J connectivity index is 1.61. The normalized spacial score (nSPS) is 26.3. The van der Waals surface area contributed by atoms with E-state index in [0.29, 0.717) is 18.7 Å². The molecule has 1 heterocycles. The molecule has 2 atom stereocenters. The van der Waals surface area contributed by atoms with Crippen molar-refractivity contribution in [1.29, 1.82) is 5.26 Å². The minimum Gasteiger partial charge on any atom is -0.376 e. The molecule has 1 aromatic rings. The van der Waals surface area contributed by atoms with Crippen LogP contribution in [-0.4, -0.2) is 18.8 Å². The third-order valence-corrected chi connectivity index (χ3v) is 3.94. The molecule has 1 aliphatic carbocycles. The lowest BCUT2D eigenvalue weighted by Gasteiger charge is -2.19. The molecule has 2 aliphatic rings. The molecule has 3 rings (SSSR count).